The summed E-state index contributed by atoms with van der Waals surface area (Å²) in [5.74, 6) is 0.396. The minimum absolute atomic E-state index is 0.119. The first-order valence-electron chi connectivity index (χ1n) is 6.98. The van der Waals surface area contributed by atoms with E-state index >= 15 is 0 Å². The third-order valence-electron chi connectivity index (χ3n) is 2.99. The molecule has 0 bridgehead atoms. The smallest absolute Gasteiger partial charge is 0.224 e. The van der Waals surface area contributed by atoms with Crippen molar-refractivity contribution in [3.05, 3.63) is 48.5 Å². The molecular weight excluding hydrogens is 298 g/mol. The Hall–Kier alpha value is -3.02. The van der Waals surface area contributed by atoms with Gasteiger partial charge in [0.15, 0.2) is 0 Å². The topological polar surface area (TPSA) is 87.7 Å². The maximum absolute atomic E-state index is 11.5. The SMILES string of the molecule is COc1ccc(Oc2ccc(NC(=O)CCC(=O)[O-])cc2)cc1. The molecule has 0 heterocycles. The second-order valence-electron chi connectivity index (χ2n) is 4.72. The summed E-state index contributed by atoms with van der Waals surface area (Å²) in [7, 11) is 1.59. The van der Waals surface area contributed by atoms with Crippen LogP contribution in [0.4, 0.5) is 5.69 Å². The molecule has 0 aliphatic heterocycles. The summed E-state index contributed by atoms with van der Waals surface area (Å²) < 4.78 is 10.7. The maximum Gasteiger partial charge on any atom is 0.224 e. The molecule has 120 valence electrons. The van der Waals surface area contributed by atoms with Gasteiger partial charge in [-0.2, -0.15) is 0 Å². The standard InChI is InChI=1S/C17H17NO5/c1-22-13-6-8-15(9-7-13)23-14-4-2-12(3-5-14)18-16(19)10-11-17(20)21/h2-9H,10-11H2,1H3,(H,18,19)(H,20,21)/p-1. The average molecular weight is 314 g/mol. The van der Waals surface area contributed by atoms with Crippen LogP contribution in [0.2, 0.25) is 0 Å². The van der Waals surface area contributed by atoms with Gasteiger partial charge in [0.05, 0.1) is 7.11 Å². The summed E-state index contributed by atoms with van der Waals surface area (Å²) in [5.41, 5.74) is 0.565. The van der Waals surface area contributed by atoms with Crippen molar-refractivity contribution in [2.45, 2.75) is 12.8 Å². The van der Waals surface area contributed by atoms with Gasteiger partial charge in [-0.25, -0.2) is 0 Å². The molecule has 0 radical (unpaired) electrons. The minimum atomic E-state index is -1.25. The van der Waals surface area contributed by atoms with E-state index in [4.69, 9.17) is 9.47 Å². The highest BCUT2D eigenvalue weighted by Gasteiger charge is 2.03. The zero-order valence-corrected chi connectivity index (χ0v) is 12.6. The molecule has 23 heavy (non-hydrogen) atoms. The number of hydrogen-bond acceptors (Lipinski definition) is 5. The molecule has 0 spiro atoms. The summed E-state index contributed by atoms with van der Waals surface area (Å²) in [6, 6.07) is 13.9. The van der Waals surface area contributed by atoms with Gasteiger partial charge in [-0.15, -0.1) is 0 Å². The Balaban J connectivity index is 1.90. The Morgan fingerprint density at radius 1 is 0.913 bits per heavy atom. The number of hydrogen-bond donors (Lipinski definition) is 1. The van der Waals surface area contributed by atoms with Gasteiger partial charge in [0, 0.05) is 18.1 Å². The molecule has 6 heteroatoms. The van der Waals surface area contributed by atoms with Crippen molar-refractivity contribution in [3.63, 3.8) is 0 Å². The summed E-state index contributed by atoms with van der Waals surface area (Å²) in [6.07, 6.45) is -0.420. The number of carbonyl (C=O) groups excluding carboxylic acids is 2. The van der Waals surface area contributed by atoms with Crippen LogP contribution in [0, 0.1) is 0 Å². The van der Waals surface area contributed by atoms with Crippen LogP contribution in [0.3, 0.4) is 0 Å². The largest absolute Gasteiger partial charge is 0.550 e. The highest BCUT2D eigenvalue weighted by atomic mass is 16.5. The third kappa shape index (κ3) is 5.35. The molecule has 0 unspecified atom stereocenters. The summed E-state index contributed by atoms with van der Waals surface area (Å²) in [6.45, 7) is 0. The molecule has 1 amide bonds. The van der Waals surface area contributed by atoms with Crippen LogP contribution in [-0.4, -0.2) is 19.0 Å². The third-order valence-corrected chi connectivity index (χ3v) is 2.99. The molecule has 0 aliphatic carbocycles. The molecule has 2 aromatic carbocycles. The first-order chi connectivity index (χ1) is 11.1. The number of aliphatic carboxylic acids is 1. The van der Waals surface area contributed by atoms with Gasteiger partial charge in [0.1, 0.15) is 17.2 Å². The highest BCUT2D eigenvalue weighted by Crippen LogP contribution is 2.24. The first kappa shape index (κ1) is 16.4. The summed E-state index contributed by atoms with van der Waals surface area (Å²) in [5, 5.41) is 12.9. The van der Waals surface area contributed by atoms with E-state index in [9.17, 15) is 14.7 Å². The monoisotopic (exact) mass is 314 g/mol. The highest BCUT2D eigenvalue weighted by molar-refractivity contribution is 5.92. The molecule has 0 fully saturated rings. The van der Waals surface area contributed by atoms with Crippen molar-refractivity contribution in [2.75, 3.05) is 12.4 Å². The van der Waals surface area contributed by atoms with Crippen molar-refractivity contribution in [1.82, 2.24) is 0 Å². The summed E-state index contributed by atoms with van der Waals surface area (Å²) in [4.78, 5) is 21.8. The Morgan fingerprint density at radius 3 is 1.96 bits per heavy atom. The molecule has 1 N–H and O–H groups in total. The number of carboxylic acids is 1. The molecule has 6 nitrogen and oxygen atoms in total. The lowest BCUT2D eigenvalue weighted by Gasteiger charge is -2.09. The van der Waals surface area contributed by atoms with Crippen LogP contribution in [0.1, 0.15) is 12.8 Å². The number of nitrogens with one attached hydrogen (secondary N) is 1. The number of rotatable bonds is 7. The minimum Gasteiger partial charge on any atom is -0.550 e. The normalized spacial score (nSPS) is 9.96. The number of carbonyl (C=O) groups is 2. The van der Waals surface area contributed by atoms with Crippen molar-refractivity contribution in [2.24, 2.45) is 0 Å². The van der Waals surface area contributed by atoms with Gasteiger partial charge in [0.2, 0.25) is 5.91 Å². The predicted octanol–water partition coefficient (Wildman–Crippen LogP) is 1.96. The fraction of sp³-hybridized carbons (Fsp3) is 0.176. The second kappa shape index (κ2) is 7.84. The van der Waals surface area contributed by atoms with Gasteiger partial charge in [0.25, 0.3) is 0 Å². The van der Waals surface area contributed by atoms with Crippen molar-refractivity contribution >= 4 is 17.6 Å². The summed E-state index contributed by atoms with van der Waals surface area (Å²) >= 11 is 0. The van der Waals surface area contributed by atoms with Crippen molar-refractivity contribution in [3.8, 4) is 17.2 Å². The number of benzene rings is 2. The van der Waals surface area contributed by atoms with Crippen LogP contribution in [0.25, 0.3) is 0 Å². The fourth-order valence-electron chi connectivity index (χ4n) is 1.83. The van der Waals surface area contributed by atoms with Gasteiger partial charge in [-0.3, -0.25) is 4.79 Å². The van der Waals surface area contributed by atoms with Gasteiger partial charge < -0.3 is 24.7 Å². The van der Waals surface area contributed by atoms with Gasteiger partial charge >= 0.3 is 0 Å². The molecular formula is C17H16NO5-. The van der Waals surface area contributed by atoms with E-state index < -0.39 is 5.97 Å². The van der Waals surface area contributed by atoms with E-state index in [-0.39, 0.29) is 18.7 Å². The molecule has 0 aliphatic rings. The molecule has 0 saturated heterocycles. The number of anilines is 1. The van der Waals surface area contributed by atoms with E-state index in [0.717, 1.165) is 5.75 Å². The fourth-order valence-corrected chi connectivity index (χ4v) is 1.83. The van der Waals surface area contributed by atoms with E-state index in [1.807, 2.05) is 0 Å². The lowest BCUT2D eigenvalue weighted by Crippen LogP contribution is -2.24. The van der Waals surface area contributed by atoms with Crippen LogP contribution in [-0.2, 0) is 9.59 Å². The van der Waals surface area contributed by atoms with Gasteiger partial charge in [-0.05, 0) is 55.0 Å². The Morgan fingerprint density at radius 2 is 1.43 bits per heavy atom. The van der Waals surface area contributed by atoms with E-state index in [1.54, 1.807) is 55.6 Å². The number of methoxy groups -OCH3 is 1. The molecule has 0 aromatic heterocycles. The zero-order chi connectivity index (χ0) is 16.7. The zero-order valence-electron chi connectivity index (χ0n) is 12.6. The Kier molecular flexibility index (Phi) is 5.57. The average Bonchev–Trinajstić information content (AvgIpc) is 2.55. The van der Waals surface area contributed by atoms with Gasteiger partial charge in [-0.1, -0.05) is 0 Å². The van der Waals surface area contributed by atoms with Crippen molar-refractivity contribution < 1.29 is 24.2 Å². The molecule has 0 atom stereocenters. The number of ether oxygens (including phenoxy) is 2. The lowest BCUT2D eigenvalue weighted by molar-refractivity contribution is -0.305. The number of carboxylic acid groups (broad SMARTS) is 1. The quantitative estimate of drug-likeness (QED) is 0.844. The maximum atomic E-state index is 11.5. The van der Waals surface area contributed by atoms with E-state index in [0.29, 0.717) is 17.2 Å². The lowest BCUT2D eigenvalue weighted by atomic mass is 10.2. The number of amides is 1. The van der Waals surface area contributed by atoms with E-state index in [1.165, 1.54) is 0 Å². The molecule has 0 saturated carbocycles. The van der Waals surface area contributed by atoms with Crippen LogP contribution in [0.5, 0.6) is 17.2 Å². The van der Waals surface area contributed by atoms with E-state index in [2.05, 4.69) is 5.32 Å². The molecule has 2 aromatic rings. The van der Waals surface area contributed by atoms with Crippen LogP contribution in [0.15, 0.2) is 48.5 Å². The second-order valence-corrected chi connectivity index (χ2v) is 4.72. The van der Waals surface area contributed by atoms with Crippen LogP contribution < -0.4 is 19.9 Å². The Labute approximate surface area is 133 Å². The van der Waals surface area contributed by atoms with Crippen LogP contribution >= 0.6 is 0 Å². The first-order valence-corrected chi connectivity index (χ1v) is 6.98. The molecule has 2 rings (SSSR count). The predicted molar refractivity (Wildman–Crippen MR) is 82.4 cm³/mol. The van der Waals surface area contributed by atoms with Crippen molar-refractivity contribution in [1.29, 1.82) is 0 Å². The Bertz CT molecular complexity index is 664.